The van der Waals surface area contributed by atoms with Crippen LogP contribution >= 0.6 is 15.9 Å². The van der Waals surface area contributed by atoms with E-state index in [1.54, 1.807) is 30.6 Å². The summed E-state index contributed by atoms with van der Waals surface area (Å²) in [5.74, 6) is 0.594. The molecule has 27 heavy (non-hydrogen) atoms. The maximum absolute atomic E-state index is 11.1. The number of H-pyrrole nitrogens is 1. The van der Waals surface area contributed by atoms with E-state index in [0.29, 0.717) is 17.2 Å². The normalized spacial score (nSPS) is 12.4. The number of nitrogens with zero attached hydrogens (tertiary/aromatic N) is 2. The van der Waals surface area contributed by atoms with E-state index in [-0.39, 0.29) is 4.90 Å². The highest BCUT2D eigenvalue weighted by molar-refractivity contribution is 9.10. The molecular weight excluding hydrogens is 432 g/mol. The van der Waals surface area contributed by atoms with Crippen molar-refractivity contribution < 1.29 is 13.0 Å². The largest absolute Gasteiger partial charge is 0.362 e. The highest BCUT2D eigenvalue weighted by Crippen LogP contribution is 2.22. The third kappa shape index (κ3) is 5.13. The van der Waals surface area contributed by atoms with Crippen LogP contribution in [0.1, 0.15) is 5.56 Å². The average Bonchev–Trinajstić information content (AvgIpc) is 3.06. The summed E-state index contributed by atoms with van der Waals surface area (Å²) >= 11 is 3.38. The summed E-state index contributed by atoms with van der Waals surface area (Å²) in [5.41, 5.74) is 2.27. The zero-order valence-electron chi connectivity index (χ0n) is 13.9. The van der Waals surface area contributed by atoms with Crippen molar-refractivity contribution in [2.45, 2.75) is 4.90 Å². The topological polar surface area (TPSA) is 107 Å². The molecule has 0 aliphatic carbocycles. The molecule has 3 aromatic rings. The monoisotopic (exact) mass is 446 g/mol. The van der Waals surface area contributed by atoms with E-state index in [0.717, 1.165) is 10.0 Å². The molecule has 0 bridgehead atoms. The van der Waals surface area contributed by atoms with Crippen molar-refractivity contribution in [3.05, 3.63) is 83.1 Å². The second kappa shape index (κ2) is 8.30. The molecule has 0 atom stereocenters. The Bertz CT molecular complexity index is 1080. The van der Waals surface area contributed by atoms with Gasteiger partial charge in [-0.15, -0.1) is 0 Å². The van der Waals surface area contributed by atoms with Gasteiger partial charge in [0, 0.05) is 17.5 Å². The molecule has 0 aliphatic heterocycles. The van der Waals surface area contributed by atoms with Gasteiger partial charge >= 0.3 is 0 Å². The van der Waals surface area contributed by atoms with Gasteiger partial charge in [0.2, 0.25) is 0 Å². The van der Waals surface area contributed by atoms with Crippen LogP contribution in [-0.2, 0) is 10.1 Å². The van der Waals surface area contributed by atoms with Gasteiger partial charge < -0.3 is 5.32 Å². The number of anilines is 1. The molecule has 3 N–H and O–H groups in total. The fraction of sp³-hybridized carbons (Fsp3) is 0. The van der Waals surface area contributed by atoms with Crippen LogP contribution in [-0.4, -0.2) is 28.9 Å². The number of hydrogen-bond acceptors (Lipinski definition) is 5. The van der Waals surface area contributed by atoms with Crippen LogP contribution in [0.3, 0.4) is 0 Å². The Morgan fingerprint density at radius 3 is 2.44 bits per heavy atom. The zero-order valence-corrected chi connectivity index (χ0v) is 16.3. The van der Waals surface area contributed by atoms with Crippen molar-refractivity contribution in [1.82, 2.24) is 10.2 Å². The van der Waals surface area contributed by atoms with Gasteiger partial charge in [0.25, 0.3) is 10.1 Å². The van der Waals surface area contributed by atoms with E-state index in [1.165, 1.54) is 12.1 Å². The number of aromatic amines is 1. The lowest BCUT2D eigenvalue weighted by atomic mass is 10.1. The highest BCUT2D eigenvalue weighted by atomic mass is 79.9. The van der Waals surface area contributed by atoms with Crippen LogP contribution in [0.15, 0.2) is 87.4 Å². The van der Waals surface area contributed by atoms with Crippen molar-refractivity contribution >= 4 is 43.3 Å². The van der Waals surface area contributed by atoms with Crippen LogP contribution in [0.2, 0.25) is 0 Å². The van der Waals surface area contributed by atoms with Gasteiger partial charge in [-0.3, -0.25) is 9.65 Å². The molecule has 7 nitrogen and oxygen atoms in total. The number of benzene rings is 2. The summed E-state index contributed by atoms with van der Waals surface area (Å²) in [7, 11) is -4.20. The molecule has 0 spiro atoms. The molecule has 1 aromatic heterocycles. The third-order valence-corrected chi connectivity index (χ3v) is 4.97. The smallest absolute Gasteiger partial charge is 0.294 e. The first-order valence-electron chi connectivity index (χ1n) is 7.77. The standard InChI is InChI=1S/C18H15BrN4O3S/c19-16-12-21-23-18(16)22-17(13-4-2-1-3-5-13)10-11-20-14-6-8-15(9-7-14)27(24,25)26/h1-12,20H,(H,21,23)(H,24,25,26)/b11-10+,22-17+. The van der Waals surface area contributed by atoms with E-state index in [2.05, 4.69) is 36.4 Å². The molecule has 138 valence electrons. The molecular formula is C18H15BrN4O3S. The second-order valence-corrected chi connectivity index (χ2v) is 7.68. The molecule has 9 heteroatoms. The highest BCUT2D eigenvalue weighted by Gasteiger charge is 2.08. The number of halogens is 1. The lowest BCUT2D eigenvalue weighted by Gasteiger charge is -2.04. The van der Waals surface area contributed by atoms with Crippen molar-refractivity contribution in [2.75, 3.05) is 5.32 Å². The fourth-order valence-electron chi connectivity index (χ4n) is 2.21. The SMILES string of the molecule is O=S(=O)(O)c1ccc(N/C=C/C(=N\c2[nH]ncc2Br)c2ccccc2)cc1. The lowest BCUT2D eigenvalue weighted by molar-refractivity contribution is 0.483. The Hall–Kier alpha value is -2.75. The van der Waals surface area contributed by atoms with Gasteiger partial charge in [-0.05, 0) is 46.3 Å². The summed E-state index contributed by atoms with van der Waals surface area (Å²) in [5, 5.41) is 9.79. The number of aliphatic imine (C=N–C) groups is 1. The molecule has 1 heterocycles. The number of nitrogens with one attached hydrogen (secondary N) is 2. The second-order valence-electron chi connectivity index (χ2n) is 5.41. The van der Waals surface area contributed by atoms with Crippen LogP contribution in [0.5, 0.6) is 0 Å². The average molecular weight is 447 g/mol. The van der Waals surface area contributed by atoms with E-state index < -0.39 is 10.1 Å². The Balaban J connectivity index is 1.82. The Kier molecular flexibility index (Phi) is 5.84. The molecule has 2 aromatic carbocycles. The fourth-order valence-corrected chi connectivity index (χ4v) is 2.97. The number of aromatic nitrogens is 2. The molecule has 0 amide bonds. The molecule has 0 aliphatic rings. The minimum Gasteiger partial charge on any atom is -0.362 e. The zero-order chi connectivity index (χ0) is 19.3. The van der Waals surface area contributed by atoms with E-state index in [1.807, 2.05) is 30.3 Å². The summed E-state index contributed by atoms with van der Waals surface area (Å²) in [4.78, 5) is 4.42. The quantitative estimate of drug-likeness (QED) is 0.389. The minimum absolute atomic E-state index is 0.160. The van der Waals surface area contributed by atoms with Gasteiger partial charge in [0.15, 0.2) is 5.82 Å². The molecule has 0 saturated carbocycles. The molecule has 0 saturated heterocycles. The van der Waals surface area contributed by atoms with Gasteiger partial charge in [0.05, 0.1) is 21.3 Å². The Morgan fingerprint density at radius 2 is 1.85 bits per heavy atom. The van der Waals surface area contributed by atoms with Crippen molar-refractivity contribution in [3.8, 4) is 0 Å². The first kappa shape index (κ1) is 19.0. The first-order chi connectivity index (χ1) is 12.9. The minimum atomic E-state index is -4.20. The Morgan fingerprint density at radius 1 is 1.15 bits per heavy atom. The summed E-state index contributed by atoms with van der Waals surface area (Å²) in [6.45, 7) is 0. The summed E-state index contributed by atoms with van der Waals surface area (Å²) in [6, 6.07) is 15.4. The predicted molar refractivity (Wildman–Crippen MR) is 108 cm³/mol. The molecule has 0 fully saturated rings. The van der Waals surface area contributed by atoms with Crippen LogP contribution in [0, 0.1) is 0 Å². The van der Waals surface area contributed by atoms with Crippen LogP contribution < -0.4 is 5.32 Å². The van der Waals surface area contributed by atoms with E-state index in [4.69, 9.17) is 4.55 Å². The Labute approximate surface area is 164 Å². The maximum atomic E-state index is 11.1. The molecule has 0 unspecified atom stereocenters. The van der Waals surface area contributed by atoms with Crippen molar-refractivity contribution in [3.63, 3.8) is 0 Å². The van der Waals surface area contributed by atoms with Gasteiger partial charge in [-0.1, -0.05) is 30.3 Å². The number of rotatable bonds is 6. The van der Waals surface area contributed by atoms with Gasteiger partial charge in [-0.2, -0.15) is 13.5 Å². The lowest BCUT2D eigenvalue weighted by Crippen LogP contribution is -1.99. The van der Waals surface area contributed by atoms with Gasteiger partial charge in [0.1, 0.15) is 0 Å². The number of hydrogen-bond donors (Lipinski definition) is 3. The van der Waals surface area contributed by atoms with Gasteiger partial charge in [-0.25, -0.2) is 4.99 Å². The van der Waals surface area contributed by atoms with Crippen LogP contribution in [0.25, 0.3) is 0 Å². The predicted octanol–water partition coefficient (Wildman–Crippen LogP) is 4.17. The first-order valence-corrected chi connectivity index (χ1v) is 10.0. The van der Waals surface area contributed by atoms with Crippen molar-refractivity contribution in [2.24, 2.45) is 4.99 Å². The molecule has 0 radical (unpaired) electrons. The van der Waals surface area contributed by atoms with E-state index >= 15 is 0 Å². The summed E-state index contributed by atoms with van der Waals surface area (Å²) in [6.07, 6.45) is 5.11. The van der Waals surface area contributed by atoms with Crippen LogP contribution in [0.4, 0.5) is 11.5 Å². The van der Waals surface area contributed by atoms with Crippen molar-refractivity contribution in [1.29, 1.82) is 0 Å². The molecule has 3 rings (SSSR count). The number of allylic oxidation sites excluding steroid dienone is 1. The maximum Gasteiger partial charge on any atom is 0.294 e. The third-order valence-electron chi connectivity index (χ3n) is 3.52. The summed E-state index contributed by atoms with van der Waals surface area (Å²) < 4.78 is 31.9. The van der Waals surface area contributed by atoms with E-state index in [9.17, 15) is 8.42 Å².